The van der Waals surface area contributed by atoms with Crippen molar-refractivity contribution in [1.82, 2.24) is 0 Å². The zero-order valence-electron chi connectivity index (χ0n) is 14.2. The second-order valence-corrected chi connectivity index (χ2v) is 6.04. The number of benzene rings is 2. The number of esters is 1. The molecule has 0 unspecified atom stereocenters. The van der Waals surface area contributed by atoms with E-state index in [0.29, 0.717) is 34.6 Å². The van der Waals surface area contributed by atoms with Crippen LogP contribution in [0.1, 0.15) is 13.3 Å². The van der Waals surface area contributed by atoms with Gasteiger partial charge < -0.3 is 13.9 Å². The average Bonchev–Trinajstić information content (AvgIpc) is 2.66. The Bertz CT molecular complexity index is 976. The van der Waals surface area contributed by atoms with E-state index in [9.17, 15) is 9.59 Å². The zero-order valence-corrected chi connectivity index (χ0v) is 14.9. The van der Waals surface area contributed by atoms with Gasteiger partial charge in [0.25, 0.3) is 0 Å². The van der Waals surface area contributed by atoms with Crippen LogP contribution in [0, 0.1) is 0 Å². The predicted octanol–water partition coefficient (Wildman–Crippen LogP) is 4.45. The summed E-state index contributed by atoms with van der Waals surface area (Å²) in [5.74, 6) is -0.324. The maximum absolute atomic E-state index is 12.9. The molecule has 0 N–H and O–H groups in total. The van der Waals surface area contributed by atoms with Crippen LogP contribution < -0.4 is 10.2 Å². The third-order valence-electron chi connectivity index (χ3n) is 3.66. The Balaban J connectivity index is 2.04. The zero-order chi connectivity index (χ0) is 18.5. The van der Waals surface area contributed by atoms with Gasteiger partial charge in [0, 0.05) is 10.6 Å². The fourth-order valence-electron chi connectivity index (χ4n) is 2.44. The van der Waals surface area contributed by atoms with Gasteiger partial charge in [-0.05, 0) is 42.8 Å². The van der Waals surface area contributed by atoms with E-state index >= 15 is 0 Å². The molecule has 0 aliphatic rings. The molecule has 0 atom stereocenters. The topological polar surface area (TPSA) is 65.7 Å². The Hall–Kier alpha value is -2.79. The fraction of sp³-hybridized carbons (Fsp3) is 0.200. The van der Waals surface area contributed by atoms with Crippen LogP contribution in [0.2, 0.25) is 5.02 Å². The maximum Gasteiger partial charge on any atom is 0.344 e. The first kappa shape index (κ1) is 18.0. The number of fused-ring (bicyclic) bond motifs is 1. The molecule has 0 saturated heterocycles. The fourth-order valence-corrected chi connectivity index (χ4v) is 2.56. The van der Waals surface area contributed by atoms with E-state index in [-0.39, 0.29) is 23.5 Å². The Morgan fingerprint density at radius 2 is 1.85 bits per heavy atom. The lowest BCUT2D eigenvalue weighted by atomic mass is 10.1. The summed E-state index contributed by atoms with van der Waals surface area (Å²) in [6, 6.07) is 13.7. The van der Waals surface area contributed by atoms with E-state index < -0.39 is 5.97 Å². The first-order valence-corrected chi connectivity index (χ1v) is 8.58. The smallest absolute Gasteiger partial charge is 0.344 e. The van der Waals surface area contributed by atoms with Crippen LogP contribution >= 0.6 is 11.6 Å². The second kappa shape index (κ2) is 8.06. The van der Waals surface area contributed by atoms with E-state index in [4.69, 9.17) is 25.5 Å². The minimum Gasteiger partial charge on any atom is -0.474 e. The van der Waals surface area contributed by atoms with E-state index in [1.54, 1.807) is 48.5 Å². The molecule has 5 nitrogen and oxygen atoms in total. The summed E-state index contributed by atoms with van der Waals surface area (Å²) in [7, 11) is 0. The number of hydrogen-bond donors (Lipinski definition) is 0. The highest BCUT2D eigenvalue weighted by Gasteiger charge is 2.19. The number of ether oxygens (including phenoxy) is 2. The molecule has 0 aliphatic carbocycles. The molecule has 26 heavy (non-hydrogen) atoms. The van der Waals surface area contributed by atoms with Crippen molar-refractivity contribution >= 4 is 28.5 Å². The molecule has 0 bridgehead atoms. The standard InChI is InChI=1S/C20H17ClO5/c1-2-11-24-17(22)12-25-20-18(23)15-5-3-4-6-16(15)26-19(20)13-7-9-14(21)10-8-13/h3-10H,2,11-12H2,1H3. The first-order valence-electron chi connectivity index (χ1n) is 8.20. The molecule has 0 radical (unpaired) electrons. The highest BCUT2D eigenvalue weighted by molar-refractivity contribution is 6.30. The first-order chi connectivity index (χ1) is 12.6. The third-order valence-corrected chi connectivity index (χ3v) is 3.92. The van der Waals surface area contributed by atoms with Gasteiger partial charge in [0.2, 0.25) is 11.2 Å². The lowest BCUT2D eigenvalue weighted by molar-refractivity contribution is -0.146. The van der Waals surface area contributed by atoms with Gasteiger partial charge in [0.05, 0.1) is 12.0 Å². The van der Waals surface area contributed by atoms with Gasteiger partial charge in [-0.15, -0.1) is 0 Å². The van der Waals surface area contributed by atoms with Gasteiger partial charge in [-0.25, -0.2) is 4.79 Å². The molecule has 0 fully saturated rings. The number of para-hydroxylation sites is 1. The molecule has 0 spiro atoms. The van der Waals surface area contributed by atoms with Crippen LogP contribution in [0.3, 0.4) is 0 Å². The summed E-state index contributed by atoms with van der Waals surface area (Å²) >= 11 is 5.93. The average molecular weight is 373 g/mol. The van der Waals surface area contributed by atoms with E-state index in [1.165, 1.54) is 0 Å². The quantitative estimate of drug-likeness (QED) is 0.598. The number of rotatable bonds is 6. The summed E-state index contributed by atoms with van der Waals surface area (Å²) in [5.41, 5.74) is 0.706. The van der Waals surface area contributed by atoms with Gasteiger partial charge in [-0.3, -0.25) is 4.79 Å². The Morgan fingerprint density at radius 1 is 1.12 bits per heavy atom. The second-order valence-electron chi connectivity index (χ2n) is 5.60. The predicted molar refractivity (Wildman–Crippen MR) is 99.7 cm³/mol. The molecule has 1 aromatic heterocycles. The maximum atomic E-state index is 12.9. The number of carbonyl (C=O) groups excluding carboxylic acids is 1. The SMILES string of the molecule is CCCOC(=O)COc1c(-c2ccc(Cl)cc2)oc2ccccc2c1=O. The van der Waals surface area contributed by atoms with Gasteiger partial charge in [-0.2, -0.15) is 0 Å². The number of halogens is 1. The molecule has 0 amide bonds. The van der Waals surface area contributed by atoms with Crippen LogP contribution in [0.15, 0.2) is 57.7 Å². The lowest BCUT2D eigenvalue weighted by Crippen LogP contribution is -2.19. The van der Waals surface area contributed by atoms with E-state index in [1.807, 2.05) is 6.92 Å². The molecule has 1 heterocycles. The van der Waals surface area contributed by atoms with Crippen molar-refractivity contribution in [2.75, 3.05) is 13.2 Å². The van der Waals surface area contributed by atoms with Crippen LogP contribution in [0.5, 0.6) is 5.75 Å². The van der Waals surface area contributed by atoms with Crippen molar-refractivity contribution in [3.8, 4) is 17.1 Å². The van der Waals surface area contributed by atoms with Crippen LogP contribution in [0.4, 0.5) is 0 Å². The molecule has 134 valence electrons. The van der Waals surface area contributed by atoms with Gasteiger partial charge >= 0.3 is 5.97 Å². The molecular weight excluding hydrogens is 356 g/mol. The minimum atomic E-state index is -0.540. The Kier molecular flexibility index (Phi) is 5.58. The summed E-state index contributed by atoms with van der Waals surface area (Å²) in [5, 5.41) is 0.935. The summed E-state index contributed by atoms with van der Waals surface area (Å²) in [4.78, 5) is 24.6. The minimum absolute atomic E-state index is 0.0283. The molecule has 6 heteroatoms. The summed E-state index contributed by atoms with van der Waals surface area (Å²) in [6.07, 6.45) is 0.708. The van der Waals surface area contributed by atoms with Crippen molar-refractivity contribution in [1.29, 1.82) is 0 Å². The lowest BCUT2D eigenvalue weighted by Gasteiger charge is -2.11. The summed E-state index contributed by atoms with van der Waals surface area (Å²) in [6.45, 7) is 1.83. The molecule has 0 saturated carbocycles. The van der Waals surface area contributed by atoms with Crippen molar-refractivity contribution in [3.05, 3.63) is 63.8 Å². The van der Waals surface area contributed by atoms with Gasteiger partial charge in [-0.1, -0.05) is 30.7 Å². The summed E-state index contributed by atoms with van der Waals surface area (Å²) < 4.78 is 16.4. The normalized spacial score (nSPS) is 10.7. The van der Waals surface area contributed by atoms with E-state index in [0.717, 1.165) is 0 Å². The van der Waals surface area contributed by atoms with Crippen LogP contribution in [-0.4, -0.2) is 19.2 Å². The van der Waals surface area contributed by atoms with Crippen molar-refractivity contribution in [3.63, 3.8) is 0 Å². The monoisotopic (exact) mass is 372 g/mol. The third kappa shape index (κ3) is 3.89. The van der Waals surface area contributed by atoms with Gasteiger partial charge in [0.1, 0.15) is 5.58 Å². The highest BCUT2D eigenvalue weighted by Crippen LogP contribution is 2.31. The highest BCUT2D eigenvalue weighted by atomic mass is 35.5. The van der Waals surface area contributed by atoms with Gasteiger partial charge in [0.15, 0.2) is 12.4 Å². The van der Waals surface area contributed by atoms with Crippen LogP contribution in [0.25, 0.3) is 22.3 Å². The van der Waals surface area contributed by atoms with Crippen molar-refractivity contribution < 1.29 is 18.7 Å². The Labute approximate surface area is 155 Å². The van der Waals surface area contributed by atoms with E-state index in [2.05, 4.69) is 0 Å². The number of carbonyl (C=O) groups is 1. The van der Waals surface area contributed by atoms with Crippen LogP contribution in [-0.2, 0) is 9.53 Å². The Morgan fingerprint density at radius 3 is 2.58 bits per heavy atom. The molecule has 3 rings (SSSR count). The van der Waals surface area contributed by atoms with Crippen molar-refractivity contribution in [2.45, 2.75) is 13.3 Å². The largest absolute Gasteiger partial charge is 0.474 e. The molecule has 3 aromatic rings. The molecule has 2 aromatic carbocycles. The molecular formula is C20H17ClO5. The molecule has 0 aliphatic heterocycles. The number of hydrogen-bond acceptors (Lipinski definition) is 5. The van der Waals surface area contributed by atoms with Crippen molar-refractivity contribution in [2.24, 2.45) is 0 Å².